The van der Waals surface area contributed by atoms with Crippen molar-refractivity contribution in [3.05, 3.63) is 35.4 Å². The van der Waals surface area contributed by atoms with Crippen molar-refractivity contribution in [1.29, 1.82) is 0 Å². The van der Waals surface area contributed by atoms with Gasteiger partial charge in [0.25, 0.3) is 0 Å². The van der Waals surface area contributed by atoms with Gasteiger partial charge in [-0.2, -0.15) is 11.8 Å². The molecule has 1 saturated carbocycles. The third-order valence-corrected chi connectivity index (χ3v) is 5.42. The molecule has 0 bridgehead atoms. The van der Waals surface area contributed by atoms with Gasteiger partial charge in [0.05, 0.1) is 0 Å². The first-order valence-electron chi connectivity index (χ1n) is 6.17. The molecule has 1 N–H and O–H groups in total. The van der Waals surface area contributed by atoms with E-state index in [1.807, 2.05) is 11.8 Å². The van der Waals surface area contributed by atoms with E-state index in [0.29, 0.717) is 10.8 Å². The lowest BCUT2D eigenvalue weighted by Gasteiger charge is -2.17. The molecule has 0 saturated heterocycles. The van der Waals surface area contributed by atoms with Crippen LogP contribution in [0.15, 0.2) is 24.3 Å². The monoisotopic (exact) mass is 233 g/mol. The number of fused-ring (bicyclic) bond motifs is 1. The smallest absolute Gasteiger partial charge is 0.0282 e. The van der Waals surface area contributed by atoms with Crippen LogP contribution < -0.4 is 5.32 Å². The van der Waals surface area contributed by atoms with E-state index < -0.39 is 0 Å². The Morgan fingerprint density at radius 1 is 1.25 bits per heavy atom. The molecule has 1 aromatic rings. The second-order valence-corrected chi connectivity index (χ2v) is 6.42. The van der Waals surface area contributed by atoms with Crippen molar-refractivity contribution >= 4 is 11.8 Å². The molecule has 0 unspecified atom stereocenters. The van der Waals surface area contributed by atoms with E-state index in [9.17, 15) is 0 Å². The molecule has 0 spiro atoms. The second-order valence-electron chi connectivity index (χ2n) is 5.14. The molecule has 2 heteroatoms. The van der Waals surface area contributed by atoms with Crippen LogP contribution in [0.25, 0.3) is 0 Å². The van der Waals surface area contributed by atoms with Gasteiger partial charge in [0.1, 0.15) is 0 Å². The summed E-state index contributed by atoms with van der Waals surface area (Å²) < 4.78 is 0.592. The van der Waals surface area contributed by atoms with Crippen LogP contribution in [0.5, 0.6) is 0 Å². The van der Waals surface area contributed by atoms with Gasteiger partial charge in [0.2, 0.25) is 0 Å². The number of benzene rings is 1. The lowest BCUT2D eigenvalue weighted by Crippen LogP contribution is -2.35. The molecule has 1 nitrogen and oxygen atoms in total. The maximum atomic E-state index is 3.76. The quantitative estimate of drug-likeness (QED) is 0.858. The van der Waals surface area contributed by atoms with Crippen molar-refractivity contribution in [2.75, 3.05) is 12.8 Å². The van der Waals surface area contributed by atoms with Crippen molar-refractivity contribution in [2.45, 2.75) is 36.5 Å². The van der Waals surface area contributed by atoms with E-state index in [0.717, 1.165) is 0 Å². The highest BCUT2D eigenvalue weighted by molar-refractivity contribution is 8.00. The van der Waals surface area contributed by atoms with Crippen LogP contribution in [-0.2, 0) is 12.8 Å². The van der Waals surface area contributed by atoms with Gasteiger partial charge in [0.15, 0.2) is 0 Å². The molecule has 0 heterocycles. The predicted molar refractivity (Wildman–Crippen MR) is 71.1 cm³/mol. The van der Waals surface area contributed by atoms with Gasteiger partial charge in [0, 0.05) is 17.3 Å². The SMILES string of the molecule is CSC1(CNC2Cc3ccccc3C2)CC1. The molecule has 3 rings (SSSR count). The van der Waals surface area contributed by atoms with Crippen molar-refractivity contribution in [3.8, 4) is 0 Å². The Labute approximate surface area is 102 Å². The third kappa shape index (κ3) is 2.01. The number of nitrogens with one attached hydrogen (secondary N) is 1. The van der Waals surface area contributed by atoms with Gasteiger partial charge in [-0.05, 0) is 43.1 Å². The summed E-state index contributed by atoms with van der Waals surface area (Å²) in [6.07, 6.45) is 7.50. The molecule has 0 aromatic heterocycles. The van der Waals surface area contributed by atoms with Gasteiger partial charge >= 0.3 is 0 Å². The summed E-state index contributed by atoms with van der Waals surface area (Å²) in [6.45, 7) is 1.20. The summed E-state index contributed by atoms with van der Waals surface area (Å²) in [7, 11) is 0. The standard InChI is InChI=1S/C14H19NS/c1-16-14(6-7-14)10-15-13-8-11-4-2-3-5-12(11)9-13/h2-5,13,15H,6-10H2,1H3. The van der Waals surface area contributed by atoms with Gasteiger partial charge in [-0.1, -0.05) is 24.3 Å². The van der Waals surface area contributed by atoms with Gasteiger partial charge in [-0.25, -0.2) is 0 Å². The summed E-state index contributed by atoms with van der Waals surface area (Å²) in [4.78, 5) is 0. The average Bonchev–Trinajstić information content (AvgIpc) is 2.98. The first kappa shape index (κ1) is 10.7. The maximum Gasteiger partial charge on any atom is 0.0282 e. The molecule has 86 valence electrons. The normalized spacial score (nSPS) is 22.1. The lowest BCUT2D eigenvalue weighted by molar-refractivity contribution is 0.526. The van der Waals surface area contributed by atoms with E-state index in [1.54, 1.807) is 11.1 Å². The van der Waals surface area contributed by atoms with Gasteiger partial charge in [-0.3, -0.25) is 0 Å². The fourth-order valence-electron chi connectivity index (χ4n) is 2.63. The molecule has 2 aliphatic carbocycles. The van der Waals surface area contributed by atoms with Crippen LogP contribution in [-0.4, -0.2) is 23.6 Å². The largest absolute Gasteiger partial charge is 0.312 e. The van der Waals surface area contributed by atoms with Crippen LogP contribution in [0.3, 0.4) is 0 Å². The zero-order valence-electron chi connectivity index (χ0n) is 9.83. The highest BCUT2D eigenvalue weighted by Crippen LogP contribution is 2.46. The van der Waals surface area contributed by atoms with Crippen LogP contribution in [0, 0.1) is 0 Å². The minimum Gasteiger partial charge on any atom is -0.312 e. The minimum atomic E-state index is 0.592. The average molecular weight is 233 g/mol. The second kappa shape index (κ2) is 4.08. The Morgan fingerprint density at radius 2 is 1.88 bits per heavy atom. The molecule has 0 aliphatic heterocycles. The molecule has 2 aliphatic rings. The summed E-state index contributed by atoms with van der Waals surface area (Å²) in [5.74, 6) is 0. The van der Waals surface area contributed by atoms with Crippen LogP contribution in [0.2, 0.25) is 0 Å². The fourth-order valence-corrected chi connectivity index (χ4v) is 3.36. The van der Waals surface area contributed by atoms with Gasteiger partial charge < -0.3 is 5.32 Å². The Bertz CT molecular complexity index is 359. The van der Waals surface area contributed by atoms with Crippen molar-refractivity contribution < 1.29 is 0 Å². The topological polar surface area (TPSA) is 12.0 Å². The maximum absolute atomic E-state index is 3.76. The summed E-state index contributed by atoms with van der Waals surface area (Å²) in [5.41, 5.74) is 3.10. The van der Waals surface area contributed by atoms with Crippen molar-refractivity contribution in [2.24, 2.45) is 0 Å². The Kier molecular flexibility index (Phi) is 2.72. The van der Waals surface area contributed by atoms with Crippen LogP contribution >= 0.6 is 11.8 Å². The molecule has 16 heavy (non-hydrogen) atoms. The van der Waals surface area contributed by atoms with Crippen LogP contribution in [0.1, 0.15) is 24.0 Å². The van der Waals surface area contributed by atoms with E-state index >= 15 is 0 Å². The summed E-state index contributed by atoms with van der Waals surface area (Å²) in [6, 6.07) is 9.55. The zero-order valence-corrected chi connectivity index (χ0v) is 10.6. The third-order valence-electron chi connectivity index (χ3n) is 4.00. The predicted octanol–water partition coefficient (Wildman–Crippen LogP) is 2.64. The first-order chi connectivity index (χ1) is 7.81. The summed E-state index contributed by atoms with van der Waals surface area (Å²) in [5, 5.41) is 3.76. The highest BCUT2D eigenvalue weighted by Gasteiger charge is 2.42. The van der Waals surface area contributed by atoms with E-state index in [-0.39, 0.29) is 0 Å². The van der Waals surface area contributed by atoms with E-state index in [2.05, 4.69) is 35.8 Å². The highest BCUT2D eigenvalue weighted by atomic mass is 32.2. The molecule has 1 fully saturated rings. The van der Waals surface area contributed by atoms with E-state index in [4.69, 9.17) is 0 Å². The Morgan fingerprint density at radius 3 is 2.38 bits per heavy atom. The first-order valence-corrected chi connectivity index (χ1v) is 7.39. The molecule has 0 atom stereocenters. The zero-order chi connectivity index (χ0) is 11.0. The van der Waals surface area contributed by atoms with Crippen LogP contribution in [0.4, 0.5) is 0 Å². The van der Waals surface area contributed by atoms with Gasteiger partial charge in [-0.15, -0.1) is 0 Å². The van der Waals surface area contributed by atoms with E-state index in [1.165, 1.54) is 32.2 Å². The molecule has 0 amide bonds. The minimum absolute atomic E-state index is 0.592. The van der Waals surface area contributed by atoms with Crippen molar-refractivity contribution in [1.82, 2.24) is 5.32 Å². The number of rotatable bonds is 4. The van der Waals surface area contributed by atoms with Crippen molar-refractivity contribution in [3.63, 3.8) is 0 Å². The molecule has 0 radical (unpaired) electrons. The number of hydrogen-bond donors (Lipinski definition) is 1. The molecular formula is C14H19NS. The fraction of sp³-hybridized carbons (Fsp3) is 0.571. The summed E-state index contributed by atoms with van der Waals surface area (Å²) >= 11 is 2.04. The molecule has 1 aromatic carbocycles. The molecular weight excluding hydrogens is 214 g/mol. The number of thioether (sulfide) groups is 1. The number of hydrogen-bond acceptors (Lipinski definition) is 2. The Balaban J connectivity index is 1.56. The lowest BCUT2D eigenvalue weighted by atomic mass is 10.1. The Hall–Kier alpha value is -0.470.